The number of hydrogen-bond acceptors (Lipinski definition) is 6. The number of fused-ring (bicyclic) bond motifs is 1. The molecule has 3 aliphatic heterocycles. The van der Waals surface area contributed by atoms with Crippen LogP contribution >= 0.6 is 0 Å². The zero-order valence-corrected chi connectivity index (χ0v) is 19.1. The number of rotatable bonds is 4. The topological polar surface area (TPSA) is 79.4 Å². The zero-order valence-electron chi connectivity index (χ0n) is 19.1. The molecule has 0 aromatic heterocycles. The molecule has 8 heteroatoms. The van der Waals surface area contributed by atoms with E-state index in [0.29, 0.717) is 43.2 Å². The van der Waals surface area contributed by atoms with Crippen LogP contribution in [0.15, 0.2) is 48.5 Å². The Balaban J connectivity index is 1.09. The summed E-state index contributed by atoms with van der Waals surface area (Å²) in [4.78, 5) is 42.9. The van der Waals surface area contributed by atoms with E-state index in [0.717, 1.165) is 37.9 Å². The molecule has 5 rings (SSSR count). The summed E-state index contributed by atoms with van der Waals surface area (Å²) in [6, 6.07) is 14.9. The van der Waals surface area contributed by atoms with Gasteiger partial charge in [-0.25, -0.2) is 0 Å². The number of amides is 2. The highest BCUT2D eigenvalue weighted by atomic mass is 16.6. The smallest absolute Gasteiger partial charge is 0.267 e. The number of hydrogen-bond donors (Lipinski definition) is 0. The number of nitrogens with zero attached hydrogens (tertiary/aromatic N) is 3. The third-order valence-electron chi connectivity index (χ3n) is 6.93. The Morgan fingerprint density at radius 2 is 1.41 bits per heavy atom. The van der Waals surface area contributed by atoms with Crippen LogP contribution < -0.4 is 14.4 Å². The molecule has 0 unspecified atom stereocenters. The van der Waals surface area contributed by atoms with Crippen molar-refractivity contribution in [2.24, 2.45) is 5.92 Å². The Morgan fingerprint density at radius 1 is 0.794 bits per heavy atom. The van der Waals surface area contributed by atoms with E-state index in [9.17, 15) is 14.4 Å². The van der Waals surface area contributed by atoms with Crippen LogP contribution in [0, 0.1) is 5.92 Å². The van der Waals surface area contributed by atoms with Crippen LogP contribution in [0.5, 0.6) is 11.5 Å². The first-order valence-electron chi connectivity index (χ1n) is 11.9. The molecule has 2 fully saturated rings. The molecule has 0 radical (unpaired) electrons. The molecule has 2 aromatic rings. The molecule has 34 heavy (non-hydrogen) atoms. The second-order valence-electron chi connectivity index (χ2n) is 8.99. The summed E-state index contributed by atoms with van der Waals surface area (Å²) < 4.78 is 11.5. The number of piperazine rings is 1. The van der Waals surface area contributed by atoms with Crippen molar-refractivity contribution < 1.29 is 23.9 Å². The fraction of sp³-hybridized carbons (Fsp3) is 0.423. The van der Waals surface area contributed by atoms with Crippen molar-refractivity contribution >= 4 is 23.8 Å². The molecule has 2 aromatic carbocycles. The Morgan fingerprint density at radius 3 is 2.06 bits per heavy atom. The number of benzene rings is 2. The van der Waals surface area contributed by atoms with Gasteiger partial charge in [-0.2, -0.15) is 0 Å². The van der Waals surface area contributed by atoms with Crippen molar-refractivity contribution in [1.82, 2.24) is 9.80 Å². The fourth-order valence-electron chi connectivity index (χ4n) is 4.90. The van der Waals surface area contributed by atoms with Crippen molar-refractivity contribution in [3.8, 4) is 11.5 Å². The maximum Gasteiger partial charge on any atom is 0.267 e. The van der Waals surface area contributed by atoms with Gasteiger partial charge in [-0.1, -0.05) is 12.1 Å². The standard InChI is InChI=1S/C26H29N3O5/c30-17-19-5-7-21(8-6-19)27-11-9-20(10-12-27)25(31)28-13-15-29(16-14-28)26(32)24-18-33-22-3-1-2-4-23(22)34-24/h1-8,17,20,24H,9-16,18H2/t24-/m1/s1. The van der Waals surface area contributed by atoms with Crippen molar-refractivity contribution in [1.29, 1.82) is 0 Å². The summed E-state index contributed by atoms with van der Waals surface area (Å²) >= 11 is 0. The minimum absolute atomic E-state index is 0.0133. The van der Waals surface area contributed by atoms with Gasteiger partial charge in [0.05, 0.1) is 0 Å². The van der Waals surface area contributed by atoms with Crippen molar-refractivity contribution in [2.45, 2.75) is 18.9 Å². The zero-order chi connectivity index (χ0) is 23.5. The highest BCUT2D eigenvalue weighted by Crippen LogP contribution is 2.31. The highest BCUT2D eigenvalue weighted by Gasteiger charge is 2.35. The molecule has 2 saturated heterocycles. The molecule has 0 spiro atoms. The first kappa shape index (κ1) is 22.3. The van der Waals surface area contributed by atoms with Gasteiger partial charge in [0.2, 0.25) is 12.0 Å². The van der Waals surface area contributed by atoms with Gasteiger partial charge in [0, 0.05) is 56.4 Å². The lowest BCUT2D eigenvalue weighted by molar-refractivity contribution is -0.147. The molecule has 8 nitrogen and oxygen atoms in total. The van der Waals surface area contributed by atoms with E-state index in [1.165, 1.54) is 0 Å². The van der Waals surface area contributed by atoms with Crippen molar-refractivity contribution in [3.05, 3.63) is 54.1 Å². The van der Waals surface area contributed by atoms with Crippen LogP contribution in [-0.4, -0.2) is 79.9 Å². The molecule has 0 N–H and O–H groups in total. The summed E-state index contributed by atoms with van der Waals surface area (Å²) in [5, 5.41) is 0. The third kappa shape index (κ3) is 4.58. The second kappa shape index (κ2) is 9.75. The first-order chi connectivity index (χ1) is 16.6. The molecule has 3 heterocycles. The lowest BCUT2D eigenvalue weighted by Gasteiger charge is -2.40. The quantitative estimate of drug-likeness (QED) is 0.647. The number of para-hydroxylation sites is 2. The van der Waals surface area contributed by atoms with Crippen LogP contribution in [0.2, 0.25) is 0 Å². The van der Waals surface area contributed by atoms with Crippen molar-refractivity contribution in [3.63, 3.8) is 0 Å². The number of carbonyl (C=O) groups excluding carboxylic acids is 3. The molecule has 1 atom stereocenters. The van der Waals surface area contributed by atoms with Gasteiger partial charge in [0.15, 0.2) is 11.5 Å². The Kier molecular flexibility index (Phi) is 6.38. The van der Waals surface area contributed by atoms with Gasteiger partial charge in [0.25, 0.3) is 5.91 Å². The van der Waals surface area contributed by atoms with Crippen LogP contribution in [0.1, 0.15) is 23.2 Å². The molecule has 178 valence electrons. The van der Waals surface area contributed by atoms with Crippen LogP contribution in [0.25, 0.3) is 0 Å². The predicted octanol–water partition coefficient (Wildman–Crippen LogP) is 2.23. The van der Waals surface area contributed by atoms with Gasteiger partial charge in [-0.3, -0.25) is 14.4 Å². The number of anilines is 1. The molecular weight excluding hydrogens is 434 g/mol. The largest absolute Gasteiger partial charge is 0.485 e. The van der Waals surface area contributed by atoms with Gasteiger partial charge >= 0.3 is 0 Å². The summed E-state index contributed by atoms with van der Waals surface area (Å²) in [6.07, 6.45) is 1.80. The van der Waals surface area contributed by atoms with Crippen LogP contribution in [-0.2, 0) is 9.59 Å². The van der Waals surface area contributed by atoms with Crippen molar-refractivity contribution in [2.75, 3.05) is 50.8 Å². The van der Waals surface area contributed by atoms with E-state index in [2.05, 4.69) is 4.90 Å². The number of ether oxygens (including phenoxy) is 2. The predicted molar refractivity (Wildman–Crippen MR) is 126 cm³/mol. The summed E-state index contributed by atoms with van der Waals surface area (Å²) in [5.74, 6) is 1.36. The maximum atomic E-state index is 13.1. The third-order valence-corrected chi connectivity index (χ3v) is 6.93. The molecule has 0 aliphatic carbocycles. The average molecular weight is 464 g/mol. The minimum Gasteiger partial charge on any atom is -0.485 e. The lowest BCUT2D eigenvalue weighted by Crippen LogP contribution is -2.56. The summed E-state index contributed by atoms with van der Waals surface area (Å²) in [6.45, 7) is 3.93. The van der Waals surface area contributed by atoms with E-state index < -0.39 is 6.10 Å². The normalized spacial score (nSPS) is 20.7. The number of carbonyl (C=O) groups is 3. The van der Waals surface area contributed by atoms with Crippen LogP contribution in [0.3, 0.4) is 0 Å². The fourth-order valence-corrected chi connectivity index (χ4v) is 4.90. The first-order valence-corrected chi connectivity index (χ1v) is 11.9. The number of piperidine rings is 1. The number of aldehydes is 1. The van der Waals surface area contributed by atoms with Gasteiger partial charge in [0.1, 0.15) is 12.9 Å². The van der Waals surface area contributed by atoms with Crippen LogP contribution in [0.4, 0.5) is 5.69 Å². The van der Waals surface area contributed by atoms with E-state index in [1.54, 1.807) is 11.0 Å². The van der Waals surface area contributed by atoms with E-state index in [-0.39, 0.29) is 24.3 Å². The molecule has 0 saturated carbocycles. The Bertz CT molecular complexity index is 1040. The van der Waals surface area contributed by atoms with E-state index in [4.69, 9.17) is 9.47 Å². The summed E-state index contributed by atoms with van der Waals surface area (Å²) in [7, 11) is 0. The highest BCUT2D eigenvalue weighted by molar-refractivity contribution is 5.83. The monoisotopic (exact) mass is 463 g/mol. The SMILES string of the molecule is O=Cc1ccc(N2CCC(C(=O)N3CCN(C(=O)[C@H]4COc5ccccc5O4)CC3)CC2)cc1. The van der Waals surface area contributed by atoms with E-state index >= 15 is 0 Å². The molecule has 3 aliphatic rings. The van der Waals surface area contributed by atoms with Gasteiger partial charge in [-0.15, -0.1) is 0 Å². The lowest BCUT2D eigenvalue weighted by atomic mass is 9.94. The minimum atomic E-state index is -0.651. The average Bonchev–Trinajstić information content (AvgIpc) is 2.92. The Labute approximate surface area is 199 Å². The molecule has 0 bridgehead atoms. The van der Waals surface area contributed by atoms with Gasteiger partial charge in [-0.05, 0) is 49.2 Å². The molecule has 2 amide bonds. The maximum absolute atomic E-state index is 13.1. The summed E-state index contributed by atoms with van der Waals surface area (Å²) in [5.41, 5.74) is 1.75. The van der Waals surface area contributed by atoms with E-state index in [1.807, 2.05) is 47.4 Å². The Hall–Kier alpha value is -3.55. The van der Waals surface area contributed by atoms with Gasteiger partial charge < -0.3 is 24.2 Å². The molecular formula is C26H29N3O5. The second-order valence-corrected chi connectivity index (χ2v) is 8.99.